The minimum atomic E-state index is -0.837. The fraction of sp³-hybridized carbons (Fsp3) is 0.429. The molecule has 0 radical (unpaired) electrons. The third-order valence-corrected chi connectivity index (χ3v) is 2.99. The highest BCUT2D eigenvalue weighted by molar-refractivity contribution is 6.31. The van der Waals surface area contributed by atoms with Gasteiger partial charge in [-0.05, 0) is 39.0 Å². The van der Waals surface area contributed by atoms with E-state index in [1.165, 1.54) is 6.92 Å². The van der Waals surface area contributed by atoms with E-state index in [4.69, 9.17) is 21.1 Å². The summed E-state index contributed by atoms with van der Waals surface area (Å²) in [6, 6.07) is 4.77. The van der Waals surface area contributed by atoms with Crippen LogP contribution in [-0.4, -0.2) is 25.0 Å². The Morgan fingerprint density at radius 1 is 1.26 bits per heavy atom. The van der Waals surface area contributed by atoms with Gasteiger partial charge in [0.1, 0.15) is 11.1 Å². The third kappa shape index (κ3) is 3.96. The zero-order valence-corrected chi connectivity index (χ0v) is 12.0. The topological polar surface area (TPSA) is 52.6 Å². The molecule has 1 aromatic rings. The lowest BCUT2D eigenvalue weighted by molar-refractivity contribution is -0.116. The first kappa shape index (κ1) is 15.5. The van der Waals surface area contributed by atoms with Crippen LogP contribution in [0.2, 0.25) is 0 Å². The van der Waals surface area contributed by atoms with Crippen LogP contribution in [-0.2, 0) is 9.53 Å². The average molecular weight is 285 g/mol. The summed E-state index contributed by atoms with van der Waals surface area (Å²) >= 11 is 6.05. The number of halogens is 1. The lowest BCUT2D eigenvalue weighted by Gasteiger charge is -2.14. The van der Waals surface area contributed by atoms with E-state index in [-0.39, 0.29) is 5.78 Å². The molecule has 0 fully saturated rings. The number of rotatable bonds is 6. The number of hydrogen-bond donors (Lipinski definition) is 0. The minimum absolute atomic E-state index is 0.205. The molecular weight excluding hydrogens is 268 g/mol. The third-order valence-electron chi connectivity index (χ3n) is 2.45. The Morgan fingerprint density at radius 2 is 1.95 bits per heavy atom. The van der Waals surface area contributed by atoms with Gasteiger partial charge in [0.15, 0.2) is 5.78 Å². The Bertz CT molecular complexity index is 471. The summed E-state index contributed by atoms with van der Waals surface area (Å²) in [5.74, 6) is -0.145. The first-order chi connectivity index (χ1) is 9.01. The molecule has 0 aliphatic heterocycles. The Kier molecular flexibility index (Phi) is 5.83. The van der Waals surface area contributed by atoms with Gasteiger partial charge in [-0.3, -0.25) is 4.79 Å². The summed E-state index contributed by atoms with van der Waals surface area (Å²) in [6.07, 6.45) is 0. The van der Waals surface area contributed by atoms with Crippen LogP contribution < -0.4 is 4.74 Å². The molecule has 0 heterocycles. The molecule has 0 aliphatic carbocycles. The molecule has 1 atom stereocenters. The quantitative estimate of drug-likeness (QED) is 0.595. The maximum atomic E-state index is 11.7. The lowest BCUT2D eigenvalue weighted by atomic mass is 10.0. The molecule has 0 spiro atoms. The number of esters is 1. The van der Waals surface area contributed by atoms with Gasteiger partial charge in [0.25, 0.3) is 0 Å². The molecule has 0 amide bonds. The minimum Gasteiger partial charge on any atom is -0.494 e. The van der Waals surface area contributed by atoms with Crippen molar-refractivity contribution in [3.05, 3.63) is 29.3 Å². The molecule has 19 heavy (non-hydrogen) atoms. The van der Waals surface area contributed by atoms with Crippen molar-refractivity contribution in [3.8, 4) is 5.75 Å². The van der Waals surface area contributed by atoms with Gasteiger partial charge >= 0.3 is 5.97 Å². The average Bonchev–Trinajstić information content (AvgIpc) is 2.38. The molecule has 0 bridgehead atoms. The smallest absolute Gasteiger partial charge is 0.338 e. The highest BCUT2D eigenvalue weighted by Crippen LogP contribution is 2.31. The van der Waals surface area contributed by atoms with Gasteiger partial charge in [-0.2, -0.15) is 0 Å². The Labute approximate surface area is 117 Å². The van der Waals surface area contributed by atoms with Gasteiger partial charge in [-0.1, -0.05) is 0 Å². The molecular formula is C14H17ClO4. The van der Waals surface area contributed by atoms with E-state index in [0.29, 0.717) is 30.1 Å². The van der Waals surface area contributed by atoms with Crippen molar-refractivity contribution in [1.82, 2.24) is 0 Å². The van der Waals surface area contributed by atoms with Gasteiger partial charge < -0.3 is 9.47 Å². The van der Waals surface area contributed by atoms with E-state index >= 15 is 0 Å². The second kappa shape index (κ2) is 7.14. The van der Waals surface area contributed by atoms with Crippen molar-refractivity contribution in [2.45, 2.75) is 26.1 Å². The standard InChI is InChI=1S/C14H17ClO4/c1-4-18-12-7-6-10(14(17)19-5-2)8-11(12)13(15)9(3)16/h6-8,13H,4-5H2,1-3H3. The maximum Gasteiger partial charge on any atom is 0.338 e. The van der Waals surface area contributed by atoms with Crippen molar-refractivity contribution < 1.29 is 19.1 Å². The fourth-order valence-corrected chi connectivity index (χ4v) is 1.76. The molecule has 0 saturated carbocycles. The largest absolute Gasteiger partial charge is 0.494 e. The zero-order chi connectivity index (χ0) is 14.4. The van der Waals surface area contributed by atoms with E-state index in [1.54, 1.807) is 25.1 Å². The number of benzene rings is 1. The number of alkyl halides is 1. The normalized spacial score (nSPS) is 11.8. The predicted octanol–water partition coefficient (Wildman–Crippen LogP) is 3.13. The van der Waals surface area contributed by atoms with Crippen LogP contribution in [0.1, 0.15) is 42.1 Å². The van der Waals surface area contributed by atoms with Gasteiger partial charge in [-0.25, -0.2) is 4.79 Å². The molecule has 4 nitrogen and oxygen atoms in total. The van der Waals surface area contributed by atoms with E-state index in [0.717, 1.165) is 0 Å². The van der Waals surface area contributed by atoms with Crippen LogP contribution in [0.3, 0.4) is 0 Å². The van der Waals surface area contributed by atoms with Crippen LogP contribution in [0.15, 0.2) is 18.2 Å². The number of carbonyl (C=O) groups is 2. The van der Waals surface area contributed by atoms with Gasteiger partial charge in [0, 0.05) is 5.56 Å². The maximum absolute atomic E-state index is 11.7. The first-order valence-electron chi connectivity index (χ1n) is 6.09. The summed E-state index contributed by atoms with van der Waals surface area (Å²) in [5, 5.41) is -0.837. The number of ketones is 1. The molecule has 0 N–H and O–H groups in total. The van der Waals surface area contributed by atoms with Crippen molar-refractivity contribution in [2.24, 2.45) is 0 Å². The zero-order valence-electron chi connectivity index (χ0n) is 11.2. The van der Waals surface area contributed by atoms with E-state index in [9.17, 15) is 9.59 Å². The molecule has 1 rings (SSSR count). The molecule has 5 heteroatoms. The monoisotopic (exact) mass is 284 g/mol. The van der Waals surface area contributed by atoms with Crippen LogP contribution in [0, 0.1) is 0 Å². The fourth-order valence-electron chi connectivity index (χ4n) is 1.59. The molecule has 0 saturated heterocycles. The second-order valence-electron chi connectivity index (χ2n) is 3.88. The highest BCUT2D eigenvalue weighted by Gasteiger charge is 2.20. The lowest BCUT2D eigenvalue weighted by Crippen LogP contribution is -2.09. The van der Waals surface area contributed by atoms with Crippen molar-refractivity contribution in [1.29, 1.82) is 0 Å². The highest BCUT2D eigenvalue weighted by atomic mass is 35.5. The Morgan fingerprint density at radius 3 is 2.47 bits per heavy atom. The second-order valence-corrected chi connectivity index (χ2v) is 4.32. The predicted molar refractivity (Wildman–Crippen MR) is 72.8 cm³/mol. The summed E-state index contributed by atoms with van der Waals surface area (Å²) in [6.45, 7) is 5.70. The van der Waals surface area contributed by atoms with Crippen molar-refractivity contribution in [3.63, 3.8) is 0 Å². The van der Waals surface area contributed by atoms with Crippen LogP contribution >= 0.6 is 11.6 Å². The Balaban J connectivity index is 3.17. The molecule has 1 aromatic carbocycles. The van der Waals surface area contributed by atoms with E-state index < -0.39 is 11.3 Å². The number of ether oxygens (including phenoxy) is 2. The van der Waals surface area contributed by atoms with E-state index in [1.807, 2.05) is 6.92 Å². The summed E-state index contributed by atoms with van der Waals surface area (Å²) < 4.78 is 10.3. The summed E-state index contributed by atoms with van der Waals surface area (Å²) in [4.78, 5) is 23.1. The SMILES string of the molecule is CCOC(=O)c1ccc(OCC)c(C(Cl)C(C)=O)c1. The summed E-state index contributed by atoms with van der Waals surface area (Å²) in [5.41, 5.74) is 0.841. The van der Waals surface area contributed by atoms with Gasteiger partial charge in [0.2, 0.25) is 0 Å². The first-order valence-corrected chi connectivity index (χ1v) is 6.53. The molecule has 1 unspecified atom stereocenters. The number of carbonyl (C=O) groups excluding carboxylic acids is 2. The van der Waals surface area contributed by atoms with Crippen molar-refractivity contribution >= 4 is 23.4 Å². The summed E-state index contributed by atoms with van der Waals surface area (Å²) in [7, 11) is 0. The van der Waals surface area contributed by atoms with Crippen LogP contribution in [0.4, 0.5) is 0 Å². The van der Waals surface area contributed by atoms with E-state index in [2.05, 4.69) is 0 Å². The van der Waals surface area contributed by atoms with Gasteiger partial charge in [-0.15, -0.1) is 11.6 Å². The van der Waals surface area contributed by atoms with Crippen molar-refractivity contribution in [2.75, 3.05) is 13.2 Å². The number of Topliss-reactive ketones (excluding diaryl/α,β-unsaturated/α-hetero) is 1. The molecule has 104 valence electrons. The number of hydrogen-bond acceptors (Lipinski definition) is 4. The van der Waals surface area contributed by atoms with Gasteiger partial charge in [0.05, 0.1) is 18.8 Å². The molecule has 0 aliphatic rings. The van der Waals surface area contributed by atoms with Crippen LogP contribution in [0.25, 0.3) is 0 Å². The molecule has 0 aromatic heterocycles. The Hall–Kier alpha value is -1.55. The van der Waals surface area contributed by atoms with Crippen LogP contribution in [0.5, 0.6) is 5.75 Å².